The van der Waals surface area contributed by atoms with Crippen LogP contribution in [-0.4, -0.2) is 21.4 Å². The zero-order valence-corrected chi connectivity index (χ0v) is 15.6. The summed E-state index contributed by atoms with van der Waals surface area (Å²) < 4.78 is 0.736. The van der Waals surface area contributed by atoms with E-state index >= 15 is 0 Å². The van der Waals surface area contributed by atoms with Crippen LogP contribution in [0.2, 0.25) is 0 Å². The van der Waals surface area contributed by atoms with Gasteiger partial charge in [-0.2, -0.15) is 0 Å². The second kappa shape index (κ2) is 7.31. The fraction of sp³-hybridized carbons (Fsp3) is 0.375. The van der Waals surface area contributed by atoms with Crippen molar-refractivity contribution in [3.05, 3.63) is 45.0 Å². The number of carbonyl (C=O) groups excluding carboxylic acids is 1. The van der Waals surface area contributed by atoms with Gasteiger partial charge in [-0.1, -0.05) is 18.7 Å². The molecule has 1 N–H and O–H groups in total. The quantitative estimate of drug-likeness (QED) is 0.604. The molecular formula is C16H19N3O3S2. The van der Waals surface area contributed by atoms with Crippen molar-refractivity contribution >= 4 is 34.7 Å². The van der Waals surface area contributed by atoms with Crippen LogP contribution >= 0.6 is 23.1 Å². The number of hydrogen-bond donors (Lipinski definition) is 1. The summed E-state index contributed by atoms with van der Waals surface area (Å²) in [5.74, 6) is -0.313. The lowest BCUT2D eigenvalue weighted by Crippen LogP contribution is -2.42. The largest absolute Gasteiger partial charge is 0.347 e. The highest BCUT2D eigenvalue weighted by Crippen LogP contribution is 2.36. The molecule has 8 heteroatoms. The fourth-order valence-electron chi connectivity index (χ4n) is 1.83. The second-order valence-electron chi connectivity index (χ2n) is 5.99. The van der Waals surface area contributed by atoms with E-state index in [2.05, 4.69) is 10.3 Å². The molecule has 0 atom stereocenters. The van der Waals surface area contributed by atoms with E-state index in [9.17, 15) is 14.9 Å². The summed E-state index contributed by atoms with van der Waals surface area (Å²) in [6.45, 7) is 7.67. The molecule has 1 amide bonds. The van der Waals surface area contributed by atoms with E-state index in [4.69, 9.17) is 0 Å². The Kier molecular flexibility index (Phi) is 5.61. The maximum Gasteiger partial charge on any atom is 0.284 e. The van der Waals surface area contributed by atoms with Crippen molar-refractivity contribution in [2.24, 2.45) is 0 Å². The fourth-order valence-corrected chi connectivity index (χ4v) is 3.71. The molecule has 128 valence electrons. The van der Waals surface area contributed by atoms with Crippen molar-refractivity contribution in [1.29, 1.82) is 0 Å². The van der Waals surface area contributed by atoms with Gasteiger partial charge in [0.2, 0.25) is 0 Å². The number of carbonyl (C=O) groups is 1. The van der Waals surface area contributed by atoms with Crippen LogP contribution in [0, 0.1) is 17.0 Å². The van der Waals surface area contributed by atoms with E-state index in [1.807, 2.05) is 33.1 Å². The first kappa shape index (κ1) is 18.4. The molecule has 0 spiro atoms. The van der Waals surface area contributed by atoms with Gasteiger partial charge < -0.3 is 5.32 Å². The Morgan fingerprint density at radius 1 is 1.46 bits per heavy atom. The van der Waals surface area contributed by atoms with Gasteiger partial charge >= 0.3 is 0 Å². The van der Waals surface area contributed by atoms with Gasteiger partial charge in [0.25, 0.3) is 11.6 Å². The lowest BCUT2D eigenvalue weighted by atomic mass is 10.0. The van der Waals surface area contributed by atoms with Crippen molar-refractivity contribution in [3.63, 3.8) is 0 Å². The van der Waals surface area contributed by atoms with Crippen molar-refractivity contribution in [2.45, 2.75) is 48.9 Å². The average molecular weight is 365 g/mol. The van der Waals surface area contributed by atoms with Gasteiger partial charge in [0, 0.05) is 28.2 Å². The third-order valence-electron chi connectivity index (χ3n) is 3.55. The first-order valence-corrected chi connectivity index (χ1v) is 9.12. The Balaban J connectivity index is 2.29. The number of hydrogen-bond acceptors (Lipinski definition) is 6. The highest BCUT2D eigenvalue weighted by Gasteiger charge is 2.23. The minimum atomic E-state index is -0.468. The smallest absolute Gasteiger partial charge is 0.284 e. The number of nitrogens with one attached hydrogen (secondary N) is 1. The van der Waals surface area contributed by atoms with Crippen LogP contribution in [-0.2, 0) is 0 Å². The van der Waals surface area contributed by atoms with Crippen LogP contribution in [0.5, 0.6) is 0 Å². The lowest BCUT2D eigenvalue weighted by Gasteiger charge is -2.24. The zero-order valence-electron chi connectivity index (χ0n) is 14.0. The Morgan fingerprint density at radius 2 is 2.17 bits per heavy atom. The minimum Gasteiger partial charge on any atom is -0.347 e. The van der Waals surface area contributed by atoms with Crippen molar-refractivity contribution < 1.29 is 9.72 Å². The first-order valence-electron chi connectivity index (χ1n) is 7.43. The highest BCUT2D eigenvalue weighted by atomic mass is 32.2. The van der Waals surface area contributed by atoms with E-state index in [1.165, 1.54) is 29.2 Å². The molecule has 0 saturated heterocycles. The molecule has 2 rings (SSSR count). The Bertz CT molecular complexity index is 772. The Morgan fingerprint density at radius 3 is 2.71 bits per heavy atom. The third kappa shape index (κ3) is 4.55. The number of nitrogens with zero attached hydrogens (tertiary/aromatic N) is 2. The molecule has 1 heterocycles. The van der Waals surface area contributed by atoms with Crippen molar-refractivity contribution in [1.82, 2.24) is 10.3 Å². The molecule has 0 saturated carbocycles. The lowest BCUT2D eigenvalue weighted by molar-refractivity contribution is -0.387. The first-order chi connectivity index (χ1) is 11.2. The van der Waals surface area contributed by atoms with Gasteiger partial charge in [0.1, 0.15) is 0 Å². The van der Waals surface area contributed by atoms with E-state index < -0.39 is 4.92 Å². The second-order valence-corrected chi connectivity index (χ2v) is 8.14. The molecule has 0 aliphatic heterocycles. The Hall–Kier alpha value is -1.93. The summed E-state index contributed by atoms with van der Waals surface area (Å²) in [5.41, 5.74) is 0.707. The number of rotatable bonds is 6. The van der Waals surface area contributed by atoms with Gasteiger partial charge in [0.15, 0.2) is 4.34 Å². The van der Waals surface area contributed by atoms with Crippen molar-refractivity contribution in [3.8, 4) is 0 Å². The Labute approximate surface area is 148 Å². The number of aromatic nitrogens is 1. The SMILES string of the molecule is CCC(C)(C)NC(=O)c1ccc(Sc2nc(C)cs2)c([N+](=O)[O-])c1. The van der Waals surface area contributed by atoms with E-state index in [-0.39, 0.29) is 22.7 Å². The molecule has 0 bridgehead atoms. The van der Waals surface area contributed by atoms with Gasteiger partial charge in [-0.15, -0.1) is 11.3 Å². The van der Waals surface area contributed by atoms with Crippen LogP contribution in [0.15, 0.2) is 32.8 Å². The molecule has 1 aromatic carbocycles. The summed E-state index contributed by atoms with van der Waals surface area (Å²) >= 11 is 2.67. The minimum absolute atomic E-state index is 0.0881. The van der Waals surface area contributed by atoms with E-state index in [0.29, 0.717) is 4.90 Å². The zero-order chi connectivity index (χ0) is 17.9. The summed E-state index contributed by atoms with van der Waals surface area (Å²) in [6, 6.07) is 4.54. The molecule has 0 unspecified atom stereocenters. The van der Waals surface area contributed by atoms with E-state index in [0.717, 1.165) is 16.5 Å². The number of thiazole rings is 1. The van der Waals surface area contributed by atoms with Crippen LogP contribution in [0.3, 0.4) is 0 Å². The maximum atomic E-state index is 12.3. The molecule has 0 aliphatic carbocycles. The molecule has 24 heavy (non-hydrogen) atoms. The van der Waals surface area contributed by atoms with Gasteiger partial charge in [-0.25, -0.2) is 4.98 Å². The van der Waals surface area contributed by atoms with Crippen LogP contribution < -0.4 is 5.32 Å². The maximum absolute atomic E-state index is 12.3. The standard InChI is InChI=1S/C16H19N3O3S2/c1-5-16(3,4)18-14(20)11-6-7-13(12(8-11)19(21)22)24-15-17-10(2)9-23-15/h6-9H,5H2,1-4H3,(H,18,20). The number of nitro benzene ring substituents is 1. The molecular weight excluding hydrogens is 346 g/mol. The van der Waals surface area contributed by atoms with Crippen LogP contribution in [0.1, 0.15) is 43.2 Å². The third-order valence-corrected chi connectivity index (χ3v) is 5.67. The van der Waals surface area contributed by atoms with Crippen LogP contribution in [0.4, 0.5) is 5.69 Å². The number of benzene rings is 1. The van der Waals surface area contributed by atoms with Gasteiger partial charge in [0.05, 0.1) is 9.82 Å². The predicted octanol–water partition coefficient (Wildman–Crippen LogP) is 4.43. The highest BCUT2D eigenvalue weighted by molar-refractivity contribution is 8.01. The molecule has 0 radical (unpaired) electrons. The molecule has 2 aromatic rings. The predicted molar refractivity (Wildman–Crippen MR) is 95.9 cm³/mol. The summed E-state index contributed by atoms with van der Waals surface area (Å²) in [5, 5.41) is 16.2. The molecule has 6 nitrogen and oxygen atoms in total. The van der Waals surface area contributed by atoms with Gasteiger partial charge in [-0.3, -0.25) is 14.9 Å². The molecule has 0 aliphatic rings. The summed E-state index contributed by atoms with van der Waals surface area (Å²) in [7, 11) is 0. The topological polar surface area (TPSA) is 85.1 Å². The average Bonchev–Trinajstić information content (AvgIpc) is 2.92. The van der Waals surface area contributed by atoms with E-state index in [1.54, 1.807) is 12.1 Å². The molecule has 0 fully saturated rings. The van der Waals surface area contributed by atoms with Crippen LogP contribution in [0.25, 0.3) is 0 Å². The summed E-state index contributed by atoms with van der Waals surface area (Å²) in [4.78, 5) is 28.0. The van der Waals surface area contributed by atoms with Crippen molar-refractivity contribution in [2.75, 3.05) is 0 Å². The number of aryl methyl sites for hydroxylation is 1. The van der Waals surface area contributed by atoms with Gasteiger partial charge in [-0.05, 0) is 39.3 Å². The number of amides is 1. The number of nitro groups is 1. The monoisotopic (exact) mass is 365 g/mol. The summed E-state index contributed by atoms with van der Waals surface area (Å²) in [6.07, 6.45) is 0.762. The molecule has 1 aromatic heterocycles. The normalized spacial score (nSPS) is 11.3.